The normalized spacial score (nSPS) is 23.2. The third-order valence-electron chi connectivity index (χ3n) is 5.44. The number of aryl methyl sites for hydroxylation is 2. The summed E-state index contributed by atoms with van der Waals surface area (Å²) in [4.78, 5) is 2.46. The van der Waals surface area contributed by atoms with Crippen molar-refractivity contribution in [3.05, 3.63) is 34.9 Å². The molecule has 136 valence electrons. The Kier molecular flexibility index (Phi) is 4.90. The Morgan fingerprint density at radius 3 is 2.60 bits per heavy atom. The molecular formula is C19H27N3O3. The Morgan fingerprint density at radius 2 is 1.84 bits per heavy atom. The van der Waals surface area contributed by atoms with Crippen LogP contribution in [0.25, 0.3) is 0 Å². The molecule has 0 N–H and O–H groups in total. The van der Waals surface area contributed by atoms with E-state index in [0.717, 1.165) is 68.9 Å². The molecule has 0 radical (unpaired) electrons. The molecule has 2 aromatic heterocycles. The third kappa shape index (κ3) is 3.65. The minimum atomic E-state index is 0.212. The first kappa shape index (κ1) is 16.8. The molecule has 0 saturated carbocycles. The predicted octanol–water partition coefficient (Wildman–Crippen LogP) is 3.90. The fourth-order valence-electron chi connectivity index (χ4n) is 4.01. The van der Waals surface area contributed by atoms with Crippen molar-refractivity contribution in [1.29, 1.82) is 0 Å². The summed E-state index contributed by atoms with van der Waals surface area (Å²) in [6.45, 7) is 7.56. The van der Waals surface area contributed by atoms with Crippen LogP contribution in [0.5, 0.6) is 0 Å². The number of hydrogen-bond donors (Lipinski definition) is 0. The van der Waals surface area contributed by atoms with Gasteiger partial charge in [-0.3, -0.25) is 4.90 Å². The molecule has 1 unspecified atom stereocenters. The van der Waals surface area contributed by atoms with Gasteiger partial charge < -0.3 is 13.6 Å². The second kappa shape index (κ2) is 7.30. The summed E-state index contributed by atoms with van der Waals surface area (Å²) in [5, 5.41) is 8.77. The molecule has 25 heavy (non-hydrogen) atoms. The van der Waals surface area contributed by atoms with E-state index in [9.17, 15) is 0 Å². The Morgan fingerprint density at radius 1 is 1.04 bits per heavy atom. The zero-order valence-corrected chi connectivity index (χ0v) is 15.2. The van der Waals surface area contributed by atoms with E-state index in [-0.39, 0.29) is 6.04 Å². The van der Waals surface area contributed by atoms with Gasteiger partial charge >= 0.3 is 0 Å². The van der Waals surface area contributed by atoms with Gasteiger partial charge in [-0.2, -0.15) is 0 Å². The number of ether oxygens (including phenoxy) is 1. The molecule has 0 aromatic carbocycles. The molecule has 2 fully saturated rings. The van der Waals surface area contributed by atoms with Crippen molar-refractivity contribution < 1.29 is 13.6 Å². The highest BCUT2D eigenvalue weighted by atomic mass is 16.5. The van der Waals surface area contributed by atoms with Gasteiger partial charge in [0.05, 0.1) is 6.04 Å². The quantitative estimate of drug-likeness (QED) is 0.837. The zero-order chi connectivity index (χ0) is 17.2. The average molecular weight is 345 g/mol. The first-order chi connectivity index (χ1) is 12.2. The summed E-state index contributed by atoms with van der Waals surface area (Å²) < 4.78 is 17.2. The predicted molar refractivity (Wildman–Crippen MR) is 92.3 cm³/mol. The van der Waals surface area contributed by atoms with Crippen LogP contribution in [-0.4, -0.2) is 34.9 Å². The second-order valence-corrected chi connectivity index (χ2v) is 7.29. The van der Waals surface area contributed by atoms with Crippen LogP contribution in [0.3, 0.4) is 0 Å². The number of likely N-dealkylation sites (tertiary alicyclic amines) is 1. The van der Waals surface area contributed by atoms with Crippen LogP contribution < -0.4 is 0 Å². The maximum absolute atomic E-state index is 6.12. The summed E-state index contributed by atoms with van der Waals surface area (Å²) in [6, 6.07) is 2.35. The Bertz CT molecular complexity index is 703. The van der Waals surface area contributed by atoms with E-state index in [1.54, 1.807) is 0 Å². The second-order valence-electron chi connectivity index (χ2n) is 7.29. The number of piperidine rings is 1. The van der Waals surface area contributed by atoms with Crippen molar-refractivity contribution in [1.82, 2.24) is 15.1 Å². The van der Waals surface area contributed by atoms with Gasteiger partial charge in [0.15, 0.2) is 0 Å². The van der Waals surface area contributed by atoms with Gasteiger partial charge in [0.2, 0.25) is 11.8 Å². The highest BCUT2D eigenvalue weighted by molar-refractivity contribution is 5.20. The van der Waals surface area contributed by atoms with Gasteiger partial charge in [0, 0.05) is 31.2 Å². The summed E-state index contributed by atoms with van der Waals surface area (Å²) in [5.74, 6) is 3.90. The van der Waals surface area contributed by atoms with Crippen molar-refractivity contribution in [2.24, 2.45) is 0 Å². The van der Waals surface area contributed by atoms with Gasteiger partial charge in [-0.05, 0) is 52.1 Å². The van der Waals surface area contributed by atoms with Gasteiger partial charge in [0.25, 0.3) is 0 Å². The van der Waals surface area contributed by atoms with E-state index >= 15 is 0 Å². The lowest BCUT2D eigenvalue weighted by molar-refractivity contribution is 0.0768. The van der Waals surface area contributed by atoms with Crippen molar-refractivity contribution in [3.8, 4) is 0 Å². The van der Waals surface area contributed by atoms with E-state index in [1.165, 1.54) is 18.4 Å². The van der Waals surface area contributed by atoms with Crippen molar-refractivity contribution >= 4 is 0 Å². The summed E-state index contributed by atoms with van der Waals surface area (Å²) in [5.41, 5.74) is 1.26. The van der Waals surface area contributed by atoms with E-state index in [0.29, 0.717) is 5.92 Å². The smallest absolute Gasteiger partial charge is 0.233 e. The van der Waals surface area contributed by atoms with E-state index in [2.05, 4.69) is 21.2 Å². The molecule has 2 saturated heterocycles. The third-order valence-corrected chi connectivity index (χ3v) is 5.44. The molecule has 6 nitrogen and oxygen atoms in total. The van der Waals surface area contributed by atoms with E-state index in [4.69, 9.17) is 13.6 Å². The fraction of sp³-hybridized carbons (Fsp3) is 0.684. The SMILES string of the molecule is Cc1cc(CN2CCCCC2c2nnc(C3CCOCC3)o2)c(C)o1. The standard InChI is InChI=1S/C19H27N3O3/c1-13-11-16(14(2)24-13)12-22-8-4-3-5-17(22)19-21-20-18(25-19)15-6-9-23-10-7-15/h11,15,17H,3-10,12H2,1-2H3. The van der Waals surface area contributed by atoms with Crippen LogP contribution in [0.4, 0.5) is 0 Å². The topological polar surface area (TPSA) is 64.5 Å². The van der Waals surface area contributed by atoms with Crippen LogP contribution in [-0.2, 0) is 11.3 Å². The van der Waals surface area contributed by atoms with Crippen LogP contribution in [0.15, 0.2) is 14.9 Å². The minimum Gasteiger partial charge on any atom is -0.466 e. The molecule has 2 aromatic rings. The van der Waals surface area contributed by atoms with E-state index < -0.39 is 0 Å². The molecule has 2 aliphatic heterocycles. The molecule has 0 spiro atoms. The maximum Gasteiger partial charge on any atom is 0.233 e. The van der Waals surface area contributed by atoms with Gasteiger partial charge in [-0.15, -0.1) is 10.2 Å². The van der Waals surface area contributed by atoms with Crippen molar-refractivity contribution in [2.45, 2.75) is 64.5 Å². The first-order valence-electron chi connectivity index (χ1n) is 9.41. The van der Waals surface area contributed by atoms with Gasteiger partial charge in [-0.25, -0.2) is 0 Å². The van der Waals surface area contributed by atoms with Crippen LogP contribution in [0.1, 0.15) is 72.9 Å². The molecule has 2 aliphatic rings. The first-order valence-corrected chi connectivity index (χ1v) is 9.41. The highest BCUT2D eigenvalue weighted by Gasteiger charge is 2.31. The monoisotopic (exact) mass is 345 g/mol. The fourth-order valence-corrected chi connectivity index (χ4v) is 4.01. The molecular weight excluding hydrogens is 318 g/mol. The lowest BCUT2D eigenvalue weighted by Crippen LogP contribution is -2.33. The highest BCUT2D eigenvalue weighted by Crippen LogP contribution is 2.34. The Hall–Kier alpha value is -1.66. The Balaban J connectivity index is 1.50. The summed E-state index contributed by atoms with van der Waals surface area (Å²) >= 11 is 0. The van der Waals surface area contributed by atoms with Crippen molar-refractivity contribution in [2.75, 3.05) is 19.8 Å². The van der Waals surface area contributed by atoms with Crippen molar-refractivity contribution in [3.63, 3.8) is 0 Å². The zero-order valence-electron chi connectivity index (χ0n) is 15.2. The number of nitrogens with zero attached hydrogens (tertiary/aromatic N) is 3. The number of rotatable bonds is 4. The number of furan rings is 1. The lowest BCUT2D eigenvalue weighted by atomic mass is 10.0. The molecule has 0 amide bonds. The van der Waals surface area contributed by atoms with Gasteiger partial charge in [0.1, 0.15) is 11.5 Å². The minimum absolute atomic E-state index is 0.212. The summed E-state index contributed by atoms with van der Waals surface area (Å²) in [7, 11) is 0. The largest absolute Gasteiger partial charge is 0.466 e. The molecule has 6 heteroatoms. The lowest BCUT2D eigenvalue weighted by Gasteiger charge is -2.33. The molecule has 0 aliphatic carbocycles. The number of aromatic nitrogens is 2. The summed E-state index contributed by atoms with van der Waals surface area (Å²) in [6.07, 6.45) is 5.45. The van der Waals surface area contributed by atoms with Crippen LogP contribution >= 0.6 is 0 Å². The maximum atomic E-state index is 6.12. The average Bonchev–Trinajstić information content (AvgIpc) is 3.23. The van der Waals surface area contributed by atoms with Crippen LogP contribution in [0, 0.1) is 13.8 Å². The number of hydrogen-bond acceptors (Lipinski definition) is 6. The van der Waals surface area contributed by atoms with Gasteiger partial charge in [-0.1, -0.05) is 6.42 Å². The molecule has 0 bridgehead atoms. The molecule has 4 rings (SSSR count). The molecule has 1 atom stereocenters. The molecule has 4 heterocycles. The van der Waals surface area contributed by atoms with Crippen LogP contribution in [0.2, 0.25) is 0 Å². The van der Waals surface area contributed by atoms with E-state index in [1.807, 2.05) is 13.8 Å². The Labute approximate surface area is 148 Å².